The summed E-state index contributed by atoms with van der Waals surface area (Å²) in [5, 5.41) is 9.42. The van der Waals surface area contributed by atoms with Gasteiger partial charge in [-0.05, 0) is 31.0 Å². The Bertz CT molecular complexity index is 1160. The van der Waals surface area contributed by atoms with Crippen molar-refractivity contribution in [3.05, 3.63) is 68.9 Å². The summed E-state index contributed by atoms with van der Waals surface area (Å²) in [5.74, 6) is 0.963. The van der Waals surface area contributed by atoms with Gasteiger partial charge < -0.3 is 4.52 Å². The van der Waals surface area contributed by atoms with E-state index in [0.29, 0.717) is 34.2 Å². The van der Waals surface area contributed by atoms with Crippen LogP contribution in [-0.4, -0.2) is 29.5 Å². The Morgan fingerprint density at radius 3 is 2.74 bits per heavy atom. The van der Waals surface area contributed by atoms with Gasteiger partial charge in [0.2, 0.25) is 5.89 Å². The van der Waals surface area contributed by atoms with Crippen LogP contribution in [0, 0.1) is 6.92 Å². The number of fused-ring (bicyclic) bond motifs is 1. The molecule has 3 heterocycles. The second kappa shape index (κ2) is 6.96. The summed E-state index contributed by atoms with van der Waals surface area (Å²) >= 11 is 5.89. The second-order valence-electron chi connectivity index (χ2n) is 6.32. The normalized spacial score (nSPS) is 11.4. The van der Waals surface area contributed by atoms with Crippen LogP contribution >= 0.6 is 11.6 Å². The molecule has 0 saturated carbocycles. The molecule has 0 fully saturated rings. The van der Waals surface area contributed by atoms with Gasteiger partial charge in [-0.3, -0.25) is 14.0 Å². The summed E-state index contributed by atoms with van der Waals surface area (Å²) in [6, 6.07) is 7.66. The SMILES string of the molecule is Cc1c2c(=O)n(Cc3nc(CCc4ccc(Cl)cc4)no3)cnc2nn1C. The fourth-order valence-corrected chi connectivity index (χ4v) is 3.00. The van der Waals surface area contributed by atoms with Crippen LogP contribution in [-0.2, 0) is 26.4 Å². The van der Waals surface area contributed by atoms with E-state index in [9.17, 15) is 4.79 Å². The summed E-state index contributed by atoms with van der Waals surface area (Å²) in [5.41, 5.74) is 2.17. The van der Waals surface area contributed by atoms with E-state index in [0.717, 1.165) is 17.7 Å². The Morgan fingerprint density at radius 2 is 1.96 bits per heavy atom. The molecule has 3 aromatic heterocycles. The highest BCUT2D eigenvalue weighted by molar-refractivity contribution is 6.30. The number of aromatic nitrogens is 6. The smallest absolute Gasteiger partial charge is 0.265 e. The molecule has 4 aromatic rings. The highest BCUT2D eigenvalue weighted by Crippen LogP contribution is 2.12. The largest absolute Gasteiger partial charge is 0.337 e. The highest BCUT2D eigenvalue weighted by atomic mass is 35.5. The lowest BCUT2D eigenvalue weighted by Gasteiger charge is -2.01. The minimum atomic E-state index is -0.175. The molecule has 0 saturated heterocycles. The predicted octanol–water partition coefficient (Wildman–Crippen LogP) is 2.31. The molecule has 0 aliphatic rings. The molecule has 1 aromatic carbocycles. The Morgan fingerprint density at radius 1 is 1.19 bits per heavy atom. The molecule has 0 amide bonds. The number of benzene rings is 1. The zero-order valence-corrected chi connectivity index (χ0v) is 15.6. The number of nitrogens with zero attached hydrogens (tertiary/aromatic N) is 6. The standard InChI is InChI=1S/C18H17ClN6O2/c1-11-16-17(22-24(11)2)20-10-25(18(16)26)9-15-21-14(23-27-15)8-5-12-3-6-13(19)7-4-12/h3-4,6-7,10H,5,8-9H2,1-2H3. The third kappa shape index (κ3) is 3.48. The second-order valence-corrected chi connectivity index (χ2v) is 6.75. The molecule has 8 nitrogen and oxygen atoms in total. The number of hydrogen-bond acceptors (Lipinski definition) is 6. The van der Waals surface area contributed by atoms with Gasteiger partial charge in [-0.2, -0.15) is 10.1 Å². The first kappa shape index (κ1) is 17.4. The lowest BCUT2D eigenvalue weighted by Crippen LogP contribution is -2.21. The van der Waals surface area contributed by atoms with Gasteiger partial charge in [0.05, 0.1) is 5.69 Å². The zero-order valence-electron chi connectivity index (χ0n) is 14.9. The van der Waals surface area contributed by atoms with E-state index in [4.69, 9.17) is 16.1 Å². The minimum Gasteiger partial charge on any atom is -0.337 e. The van der Waals surface area contributed by atoms with Gasteiger partial charge in [0.1, 0.15) is 18.3 Å². The maximum atomic E-state index is 12.7. The topological polar surface area (TPSA) is 91.6 Å². The molecule has 4 rings (SSSR count). The Kier molecular flexibility index (Phi) is 4.49. The van der Waals surface area contributed by atoms with Crippen molar-refractivity contribution >= 4 is 22.6 Å². The van der Waals surface area contributed by atoms with Crippen molar-refractivity contribution < 1.29 is 4.52 Å². The molecule has 0 aliphatic carbocycles. The van der Waals surface area contributed by atoms with E-state index in [2.05, 4.69) is 20.2 Å². The molecule has 0 atom stereocenters. The lowest BCUT2D eigenvalue weighted by molar-refractivity contribution is 0.364. The summed E-state index contributed by atoms with van der Waals surface area (Å²) < 4.78 is 8.38. The Balaban J connectivity index is 1.50. The maximum absolute atomic E-state index is 12.7. The van der Waals surface area contributed by atoms with Crippen LogP contribution in [0.4, 0.5) is 0 Å². The third-order valence-electron chi connectivity index (χ3n) is 4.48. The van der Waals surface area contributed by atoms with Crippen LogP contribution in [0.5, 0.6) is 0 Å². The molecule has 0 unspecified atom stereocenters. The molecule has 0 bridgehead atoms. The number of aryl methyl sites for hydroxylation is 4. The van der Waals surface area contributed by atoms with E-state index in [1.807, 2.05) is 31.2 Å². The van der Waals surface area contributed by atoms with E-state index >= 15 is 0 Å². The van der Waals surface area contributed by atoms with Crippen molar-refractivity contribution in [1.82, 2.24) is 29.5 Å². The fraction of sp³-hybridized carbons (Fsp3) is 0.278. The van der Waals surface area contributed by atoms with Gasteiger partial charge in [-0.1, -0.05) is 28.9 Å². The first-order chi connectivity index (χ1) is 13.0. The predicted molar refractivity (Wildman–Crippen MR) is 99.8 cm³/mol. The molecular weight excluding hydrogens is 368 g/mol. The average Bonchev–Trinajstić information content (AvgIpc) is 3.22. The molecule has 0 spiro atoms. The molecule has 0 N–H and O–H groups in total. The van der Waals surface area contributed by atoms with Gasteiger partial charge in [-0.25, -0.2) is 4.98 Å². The monoisotopic (exact) mass is 384 g/mol. The van der Waals surface area contributed by atoms with Crippen LogP contribution < -0.4 is 5.56 Å². The van der Waals surface area contributed by atoms with Gasteiger partial charge >= 0.3 is 0 Å². The molecular formula is C18H17ClN6O2. The Hall–Kier alpha value is -3.00. The maximum Gasteiger partial charge on any atom is 0.265 e. The molecule has 138 valence electrons. The first-order valence-electron chi connectivity index (χ1n) is 8.46. The Labute approximate surface area is 159 Å². The van der Waals surface area contributed by atoms with Crippen LogP contribution in [0.15, 0.2) is 39.9 Å². The minimum absolute atomic E-state index is 0.171. The van der Waals surface area contributed by atoms with Crippen LogP contribution in [0.1, 0.15) is 23.0 Å². The quantitative estimate of drug-likeness (QED) is 0.524. The number of hydrogen-bond donors (Lipinski definition) is 0. The molecule has 27 heavy (non-hydrogen) atoms. The number of halogens is 1. The van der Waals surface area contributed by atoms with Crippen molar-refractivity contribution in [2.75, 3.05) is 0 Å². The summed E-state index contributed by atoms with van der Waals surface area (Å²) in [4.78, 5) is 21.3. The highest BCUT2D eigenvalue weighted by Gasteiger charge is 2.14. The summed E-state index contributed by atoms with van der Waals surface area (Å²) in [6.45, 7) is 2.01. The van der Waals surface area contributed by atoms with Crippen LogP contribution in [0.25, 0.3) is 11.0 Å². The number of rotatable bonds is 5. The van der Waals surface area contributed by atoms with Crippen molar-refractivity contribution in [2.24, 2.45) is 7.05 Å². The van der Waals surface area contributed by atoms with Gasteiger partial charge in [0, 0.05) is 18.5 Å². The van der Waals surface area contributed by atoms with E-state index in [1.54, 1.807) is 11.7 Å². The van der Waals surface area contributed by atoms with Crippen LogP contribution in [0.2, 0.25) is 5.02 Å². The van der Waals surface area contributed by atoms with E-state index < -0.39 is 0 Å². The van der Waals surface area contributed by atoms with Crippen LogP contribution in [0.3, 0.4) is 0 Å². The first-order valence-corrected chi connectivity index (χ1v) is 8.83. The van der Waals surface area contributed by atoms with Crippen molar-refractivity contribution in [1.29, 1.82) is 0 Å². The molecule has 0 radical (unpaired) electrons. The van der Waals surface area contributed by atoms with Gasteiger partial charge in [-0.15, -0.1) is 0 Å². The molecule has 9 heteroatoms. The van der Waals surface area contributed by atoms with E-state index in [1.165, 1.54) is 10.9 Å². The van der Waals surface area contributed by atoms with E-state index in [-0.39, 0.29) is 12.1 Å². The van der Waals surface area contributed by atoms with Gasteiger partial charge in [0.25, 0.3) is 5.56 Å². The van der Waals surface area contributed by atoms with Crippen molar-refractivity contribution in [2.45, 2.75) is 26.3 Å². The summed E-state index contributed by atoms with van der Waals surface area (Å²) in [7, 11) is 1.78. The zero-order chi connectivity index (χ0) is 19.0. The third-order valence-corrected chi connectivity index (χ3v) is 4.73. The fourth-order valence-electron chi connectivity index (χ4n) is 2.87. The summed E-state index contributed by atoms with van der Waals surface area (Å²) in [6.07, 6.45) is 2.87. The van der Waals surface area contributed by atoms with Crippen molar-refractivity contribution in [3.8, 4) is 0 Å². The average molecular weight is 385 g/mol. The van der Waals surface area contributed by atoms with Gasteiger partial charge in [0.15, 0.2) is 11.5 Å². The lowest BCUT2D eigenvalue weighted by atomic mass is 10.1. The van der Waals surface area contributed by atoms with Crippen molar-refractivity contribution in [3.63, 3.8) is 0 Å². The molecule has 0 aliphatic heterocycles.